The van der Waals surface area contributed by atoms with E-state index in [2.05, 4.69) is 54.6 Å². The van der Waals surface area contributed by atoms with Crippen LogP contribution < -0.4 is 0 Å². The normalized spacial score (nSPS) is 11.6. The van der Waals surface area contributed by atoms with Crippen LogP contribution >= 0.6 is 0 Å². The molecule has 4 aromatic rings. The lowest BCUT2D eigenvalue weighted by molar-refractivity contribution is -0.107. The minimum Gasteiger partial charge on any atom is -0.303 e. The zero-order valence-corrected chi connectivity index (χ0v) is 10.4. The highest BCUT2D eigenvalue weighted by Gasteiger charge is 2.09. The lowest BCUT2D eigenvalue weighted by Gasteiger charge is -2.12. The smallest absolute Gasteiger partial charge is 0.124 e. The molecule has 0 aliphatic heterocycles. The van der Waals surface area contributed by atoms with Gasteiger partial charge >= 0.3 is 0 Å². The van der Waals surface area contributed by atoms with Crippen molar-refractivity contribution in [1.82, 2.24) is 0 Å². The van der Waals surface area contributed by atoms with E-state index in [4.69, 9.17) is 0 Å². The van der Waals surface area contributed by atoms with Crippen molar-refractivity contribution in [3.05, 3.63) is 60.2 Å². The van der Waals surface area contributed by atoms with Crippen LogP contribution in [0.5, 0.6) is 0 Å². The number of rotatable bonds is 2. The summed E-state index contributed by atoms with van der Waals surface area (Å²) in [5, 5.41) is 7.57. The lowest BCUT2D eigenvalue weighted by Crippen LogP contribution is -1.90. The number of benzene rings is 4. The van der Waals surface area contributed by atoms with Crippen molar-refractivity contribution in [1.29, 1.82) is 0 Å². The van der Waals surface area contributed by atoms with E-state index in [1.807, 2.05) is 0 Å². The summed E-state index contributed by atoms with van der Waals surface area (Å²) in [6, 6.07) is 19.2. The third-order valence-electron chi connectivity index (χ3n) is 3.92. The molecule has 0 unspecified atom stereocenters. The van der Waals surface area contributed by atoms with Crippen LogP contribution in [0.2, 0.25) is 0 Å². The molecular weight excluding hydrogens is 232 g/mol. The van der Waals surface area contributed by atoms with Crippen molar-refractivity contribution in [3.63, 3.8) is 0 Å². The lowest BCUT2D eigenvalue weighted by atomic mass is 9.91. The van der Waals surface area contributed by atoms with E-state index in [9.17, 15) is 4.79 Å². The van der Waals surface area contributed by atoms with Crippen LogP contribution in [0.25, 0.3) is 32.3 Å². The van der Waals surface area contributed by atoms with Gasteiger partial charge in [0.15, 0.2) is 0 Å². The Morgan fingerprint density at radius 2 is 1.37 bits per heavy atom. The van der Waals surface area contributed by atoms with Crippen LogP contribution in [0.1, 0.15) is 5.56 Å². The van der Waals surface area contributed by atoms with E-state index in [0.717, 1.165) is 11.8 Å². The molecule has 0 aliphatic carbocycles. The van der Waals surface area contributed by atoms with E-state index in [0.29, 0.717) is 6.42 Å². The van der Waals surface area contributed by atoms with Gasteiger partial charge in [0.05, 0.1) is 0 Å². The first-order valence-corrected chi connectivity index (χ1v) is 6.47. The van der Waals surface area contributed by atoms with Crippen molar-refractivity contribution < 1.29 is 4.79 Å². The predicted octanol–water partition coefficient (Wildman–Crippen LogP) is 4.33. The Balaban J connectivity index is 2.31. The molecule has 0 heterocycles. The Bertz CT molecular complexity index is 890. The second-order valence-corrected chi connectivity index (χ2v) is 4.95. The Kier molecular flexibility index (Phi) is 2.10. The molecule has 4 rings (SSSR count). The van der Waals surface area contributed by atoms with Crippen LogP contribution in [0.3, 0.4) is 0 Å². The molecule has 4 aromatic carbocycles. The molecule has 1 heteroatoms. The summed E-state index contributed by atoms with van der Waals surface area (Å²) in [7, 11) is 0. The molecule has 0 amide bonds. The monoisotopic (exact) mass is 244 g/mol. The highest BCUT2D eigenvalue weighted by Crippen LogP contribution is 2.35. The third kappa shape index (κ3) is 1.39. The zero-order valence-electron chi connectivity index (χ0n) is 10.4. The van der Waals surface area contributed by atoms with Gasteiger partial charge in [-0.25, -0.2) is 0 Å². The van der Waals surface area contributed by atoms with Gasteiger partial charge in [-0.15, -0.1) is 0 Å². The summed E-state index contributed by atoms with van der Waals surface area (Å²) in [5.41, 5.74) is 1.11. The van der Waals surface area contributed by atoms with E-state index in [1.54, 1.807) is 0 Å². The third-order valence-corrected chi connectivity index (χ3v) is 3.92. The van der Waals surface area contributed by atoms with Crippen LogP contribution in [0.4, 0.5) is 0 Å². The Hall–Kier alpha value is -2.41. The van der Waals surface area contributed by atoms with Gasteiger partial charge in [-0.1, -0.05) is 54.6 Å². The average molecular weight is 244 g/mol. The van der Waals surface area contributed by atoms with Gasteiger partial charge in [0.2, 0.25) is 0 Å². The van der Waals surface area contributed by atoms with Crippen LogP contribution in [0, 0.1) is 0 Å². The maximum absolute atomic E-state index is 10.8. The van der Waals surface area contributed by atoms with Gasteiger partial charge < -0.3 is 4.79 Å². The minimum absolute atomic E-state index is 0.480. The number of aldehydes is 1. The van der Waals surface area contributed by atoms with Crippen molar-refractivity contribution in [2.75, 3.05) is 0 Å². The molecule has 0 saturated carbocycles. The predicted molar refractivity (Wildman–Crippen MR) is 79.9 cm³/mol. The van der Waals surface area contributed by atoms with Crippen molar-refractivity contribution in [3.8, 4) is 0 Å². The molecule has 0 atom stereocenters. The van der Waals surface area contributed by atoms with E-state index >= 15 is 0 Å². The Morgan fingerprint density at radius 3 is 2.11 bits per heavy atom. The number of hydrogen-bond acceptors (Lipinski definition) is 1. The second-order valence-electron chi connectivity index (χ2n) is 4.95. The number of carbonyl (C=O) groups is 1. The standard InChI is InChI=1S/C18H12O/c19-11-10-12-4-5-15-7-6-13-2-1-3-14-8-9-16(12)18(15)17(13)14/h1-9,11H,10H2. The average Bonchev–Trinajstić information content (AvgIpc) is 2.46. The first kappa shape index (κ1) is 10.5. The summed E-state index contributed by atoms with van der Waals surface area (Å²) in [6.07, 6.45) is 1.46. The van der Waals surface area contributed by atoms with Crippen LogP contribution in [-0.2, 0) is 11.2 Å². The molecule has 0 fully saturated rings. The summed E-state index contributed by atoms with van der Waals surface area (Å²) in [4.78, 5) is 10.8. The molecule has 0 N–H and O–H groups in total. The molecule has 1 nitrogen and oxygen atoms in total. The molecule has 0 spiro atoms. The number of carbonyl (C=O) groups excluding carboxylic acids is 1. The second kappa shape index (κ2) is 3.79. The SMILES string of the molecule is O=CCc1ccc2ccc3cccc4ccc1c2c34. The summed E-state index contributed by atoms with van der Waals surface area (Å²) < 4.78 is 0. The van der Waals surface area contributed by atoms with Gasteiger partial charge in [-0.05, 0) is 37.9 Å². The molecular formula is C18H12O. The van der Waals surface area contributed by atoms with Gasteiger partial charge in [0, 0.05) is 6.42 Å². The van der Waals surface area contributed by atoms with E-state index in [-0.39, 0.29) is 0 Å². The van der Waals surface area contributed by atoms with Crippen molar-refractivity contribution >= 4 is 38.6 Å². The highest BCUT2D eigenvalue weighted by molar-refractivity contribution is 6.23. The molecule has 0 aromatic heterocycles. The fourth-order valence-corrected chi connectivity index (χ4v) is 3.06. The summed E-state index contributed by atoms with van der Waals surface area (Å²) in [6.45, 7) is 0. The Morgan fingerprint density at radius 1 is 0.737 bits per heavy atom. The van der Waals surface area contributed by atoms with Gasteiger partial charge in [0.1, 0.15) is 6.29 Å². The molecule has 19 heavy (non-hydrogen) atoms. The molecule has 0 bridgehead atoms. The first-order valence-electron chi connectivity index (χ1n) is 6.47. The fourth-order valence-electron chi connectivity index (χ4n) is 3.06. The quantitative estimate of drug-likeness (QED) is 0.379. The maximum Gasteiger partial charge on any atom is 0.124 e. The van der Waals surface area contributed by atoms with Crippen LogP contribution in [-0.4, -0.2) is 6.29 Å². The number of hydrogen-bond donors (Lipinski definition) is 0. The Labute approximate surface area is 110 Å². The van der Waals surface area contributed by atoms with Gasteiger partial charge in [-0.3, -0.25) is 0 Å². The zero-order chi connectivity index (χ0) is 12.8. The van der Waals surface area contributed by atoms with Crippen molar-refractivity contribution in [2.45, 2.75) is 6.42 Å². The maximum atomic E-state index is 10.8. The summed E-state index contributed by atoms with van der Waals surface area (Å²) >= 11 is 0. The first-order chi connectivity index (χ1) is 9.38. The van der Waals surface area contributed by atoms with Crippen LogP contribution in [0.15, 0.2) is 54.6 Å². The highest BCUT2D eigenvalue weighted by atomic mass is 16.1. The van der Waals surface area contributed by atoms with Crippen molar-refractivity contribution in [2.24, 2.45) is 0 Å². The van der Waals surface area contributed by atoms with E-state index < -0.39 is 0 Å². The molecule has 90 valence electrons. The molecule has 0 saturated heterocycles. The minimum atomic E-state index is 0.480. The van der Waals surface area contributed by atoms with Gasteiger partial charge in [0.25, 0.3) is 0 Å². The fraction of sp³-hybridized carbons (Fsp3) is 0.0556. The molecule has 0 radical (unpaired) electrons. The molecule has 0 aliphatic rings. The largest absolute Gasteiger partial charge is 0.303 e. The van der Waals surface area contributed by atoms with Gasteiger partial charge in [-0.2, -0.15) is 0 Å². The van der Waals surface area contributed by atoms with E-state index in [1.165, 1.54) is 32.3 Å². The topological polar surface area (TPSA) is 17.1 Å². The summed E-state index contributed by atoms with van der Waals surface area (Å²) in [5.74, 6) is 0.